The van der Waals surface area contributed by atoms with Gasteiger partial charge in [0.25, 0.3) is 0 Å². The molecule has 0 aromatic heterocycles. The molecule has 0 unspecified atom stereocenters. The first-order valence-corrected chi connectivity index (χ1v) is 10.9. The Morgan fingerprint density at radius 3 is 2.48 bits per heavy atom. The van der Waals surface area contributed by atoms with Crippen molar-refractivity contribution < 1.29 is 32.2 Å². The predicted octanol–water partition coefficient (Wildman–Crippen LogP) is 0.933. The van der Waals surface area contributed by atoms with E-state index < -0.39 is 28.1 Å². The second kappa shape index (κ2) is 10.6. The second-order valence-electron chi connectivity index (χ2n) is 6.72. The van der Waals surface area contributed by atoms with Crippen LogP contribution in [0.15, 0.2) is 29.2 Å². The summed E-state index contributed by atoms with van der Waals surface area (Å²) in [5, 5.41) is 2.68. The lowest BCUT2D eigenvalue weighted by molar-refractivity contribution is -0.144. The van der Waals surface area contributed by atoms with Crippen LogP contribution in [0.5, 0.6) is 5.75 Å². The van der Waals surface area contributed by atoms with Gasteiger partial charge in [0.15, 0.2) is 0 Å². The van der Waals surface area contributed by atoms with Gasteiger partial charge in [0, 0.05) is 19.7 Å². The number of unbranched alkanes of at least 4 members (excludes halogenated alkanes) is 1. The Morgan fingerprint density at radius 2 is 1.90 bits per heavy atom. The average Bonchev–Trinajstić information content (AvgIpc) is 3.12. The molecule has 1 heterocycles. The molecule has 0 radical (unpaired) electrons. The monoisotopic (exact) mass is 428 g/mol. The Morgan fingerprint density at radius 1 is 1.21 bits per heavy atom. The number of benzene rings is 1. The molecule has 10 heteroatoms. The highest BCUT2D eigenvalue weighted by Gasteiger charge is 2.45. The molecule has 1 saturated heterocycles. The maximum atomic E-state index is 13.1. The fraction of sp³-hybridized carbons (Fsp3) is 0.579. The molecule has 2 atom stereocenters. The van der Waals surface area contributed by atoms with Crippen LogP contribution in [0.2, 0.25) is 0 Å². The number of amides is 1. The van der Waals surface area contributed by atoms with E-state index >= 15 is 0 Å². The van der Waals surface area contributed by atoms with E-state index in [1.165, 1.54) is 26.4 Å². The van der Waals surface area contributed by atoms with Crippen molar-refractivity contribution in [1.29, 1.82) is 0 Å². The summed E-state index contributed by atoms with van der Waals surface area (Å²) in [6.45, 7) is 2.43. The highest BCUT2D eigenvalue weighted by atomic mass is 32.2. The van der Waals surface area contributed by atoms with Gasteiger partial charge in [0.2, 0.25) is 15.9 Å². The smallest absolute Gasteiger partial charge is 0.324 e. The number of methoxy groups -OCH3 is 2. The van der Waals surface area contributed by atoms with Gasteiger partial charge >= 0.3 is 5.97 Å². The third-order valence-corrected chi connectivity index (χ3v) is 6.46. The maximum Gasteiger partial charge on any atom is 0.324 e. The minimum absolute atomic E-state index is 0.0354. The lowest BCUT2D eigenvalue weighted by atomic mass is 10.2. The Bertz CT molecular complexity index is 795. The van der Waals surface area contributed by atoms with Crippen molar-refractivity contribution in [3.05, 3.63) is 24.3 Å². The largest absolute Gasteiger partial charge is 0.494 e. The van der Waals surface area contributed by atoms with Gasteiger partial charge in [-0.15, -0.1) is 0 Å². The third kappa shape index (κ3) is 5.91. The van der Waals surface area contributed by atoms with Crippen molar-refractivity contribution in [1.82, 2.24) is 9.62 Å². The zero-order valence-electron chi connectivity index (χ0n) is 16.9. The summed E-state index contributed by atoms with van der Waals surface area (Å²) in [5.74, 6) is -0.474. The van der Waals surface area contributed by atoms with Crippen LogP contribution in [0.25, 0.3) is 0 Å². The average molecular weight is 429 g/mol. The third-order valence-electron chi connectivity index (χ3n) is 4.57. The van der Waals surface area contributed by atoms with Crippen molar-refractivity contribution >= 4 is 21.9 Å². The van der Waals surface area contributed by atoms with Gasteiger partial charge in [-0.1, -0.05) is 13.3 Å². The Kier molecular flexibility index (Phi) is 8.42. The fourth-order valence-corrected chi connectivity index (χ4v) is 4.74. The molecule has 0 aliphatic carbocycles. The number of nitrogens with one attached hydrogen (secondary N) is 1. The topological polar surface area (TPSA) is 111 Å². The molecule has 29 heavy (non-hydrogen) atoms. The normalized spacial score (nSPS) is 19.7. The summed E-state index contributed by atoms with van der Waals surface area (Å²) in [6.07, 6.45) is 2.03. The molecule has 2 rings (SSSR count). The molecular weight excluding hydrogens is 400 g/mol. The lowest BCUT2D eigenvalue weighted by Gasteiger charge is -2.22. The Hall–Kier alpha value is -2.17. The number of carbonyl (C=O) groups excluding carboxylic acids is 2. The van der Waals surface area contributed by atoms with Crippen LogP contribution in [-0.4, -0.2) is 70.7 Å². The number of esters is 1. The van der Waals surface area contributed by atoms with E-state index in [1.807, 2.05) is 0 Å². The maximum absolute atomic E-state index is 13.1. The number of ether oxygens (including phenoxy) is 3. The Balaban J connectivity index is 2.18. The molecule has 0 spiro atoms. The molecule has 1 aromatic carbocycles. The first-order valence-electron chi connectivity index (χ1n) is 9.44. The van der Waals surface area contributed by atoms with Crippen LogP contribution >= 0.6 is 0 Å². The van der Waals surface area contributed by atoms with Gasteiger partial charge < -0.3 is 19.5 Å². The SMILES string of the molecule is CCCCOc1ccc(S(=O)(=O)N2C[C@@H](NC(=O)COC)C[C@@H]2C(=O)OC)cc1. The molecule has 1 aromatic rings. The van der Waals surface area contributed by atoms with Crippen molar-refractivity contribution in [2.45, 2.75) is 43.2 Å². The minimum atomic E-state index is -3.97. The van der Waals surface area contributed by atoms with E-state index in [4.69, 9.17) is 14.2 Å². The van der Waals surface area contributed by atoms with Gasteiger partial charge in [-0.3, -0.25) is 9.59 Å². The number of rotatable bonds is 10. The summed E-state index contributed by atoms with van der Waals surface area (Å²) in [7, 11) is -1.38. The molecule has 1 N–H and O–H groups in total. The van der Waals surface area contributed by atoms with Crippen LogP contribution in [0.4, 0.5) is 0 Å². The molecule has 1 aliphatic heterocycles. The van der Waals surface area contributed by atoms with E-state index in [9.17, 15) is 18.0 Å². The summed E-state index contributed by atoms with van der Waals surface area (Å²) < 4.78 is 42.4. The number of carbonyl (C=O) groups is 2. The zero-order valence-corrected chi connectivity index (χ0v) is 17.7. The van der Waals surface area contributed by atoms with E-state index in [-0.39, 0.29) is 30.4 Å². The molecule has 1 aliphatic rings. The quantitative estimate of drug-likeness (QED) is 0.436. The van der Waals surface area contributed by atoms with Crippen molar-refractivity contribution in [3.8, 4) is 5.75 Å². The number of hydrogen-bond acceptors (Lipinski definition) is 7. The van der Waals surface area contributed by atoms with Crippen LogP contribution in [0.1, 0.15) is 26.2 Å². The first kappa shape index (κ1) is 23.1. The first-order chi connectivity index (χ1) is 13.8. The van der Waals surface area contributed by atoms with Crippen LogP contribution in [0.3, 0.4) is 0 Å². The zero-order chi connectivity index (χ0) is 21.4. The van der Waals surface area contributed by atoms with Gasteiger partial charge in [-0.05, 0) is 37.1 Å². The molecule has 0 bridgehead atoms. The summed E-state index contributed by atoms with van der Waals surface area (Å²) in [6, 6.07) is 4.53. The Labute approximate surface area is 171 Å². The molecular formula is C19H28N2O7S. The van der Waals surface area contributed by atoms with E-state index in [1.54, 1.807) is 12.1 Å². The van der Waals surface area contributed by atoms with Crippen molar-refractivity contribution in [3.63, 3.8) is 0 Å². The predicted molar refractivity (Wildman–Crippen MR) is 105 cm³/mol. The van der Waals surface area contributed by atoms with Gasteiger partial charge in [0.05, 0.1) is 18.6 Å². The molecule has 1 fully saturated rings. The van der Waals surface area contributed by atoms with Gasteiger partial charge in [-0.2, -0.15) is 4.31 Å². The summed E-state index contributed by atoms with van der Waals surface area (Å²) in [4.78, 5) is 24.0. The highest BCUT2D eigenvalue weighted by molar-refractivity contribution is 7.89. The standard InChI is InChI=1S/C19H28N2O7S/c1-4-5-10-28-15-6-8-16(9-7-15)29(24,25)21-12-14(20-18(22)13-26-2)11-17(21)19(23)27-3/h6-9,14,17H,4-5,10-13H2,1-3H3,(H,20,22)/t14-,17+/m0/s1. The molecule has 9 nitrogen and oxygen atoms in total. The van der Waals surface area contributed by atoms with Crippen LogP contribution in [0, 0.1) is 0 Å². The van der Waals surface area contributed by atoms with Gasteiger partial charge in [0.1, 0.15) is 18.4 Å². The van der Waals surface area contributed by atoms with Crippen LogP contribution in [-0.2, 0) is 29.1 Å². The summed E-state index contributed by atoms with van der Waals surface area (Å²) >= 11 is 0. The summed E-state index contributed by atoms with van der Waals surface area (Å²) in [5.41, 5.74) is 0. The van der Waals surface area contributed by atoms with E-state index in [2.05, 4.69) is 12.2 Å². The van der Waals surface area contributed by atoms with Crippen LogP contribution < -0.4 is 10.1 Å². The molecule has 0 saturated carbocycles. The van der Waals surface area contributed by atoms with E-state index in [0.29, 0.717) is 12.4 Å². The van der Waals surface area contributed by atoms with Crippen molar-refractivity contribution in [2.75, 3.05) is 34.0 Å². The molecule has 162 valence electrons. The second-order valence-corrected chi connectivity index (χ2v) is 8.61. The lowest BCUT2D eigenvalue weighted by Crippen LogP contribution is -2.42. The van der Waals surface area contributed by atoms with Crippen molar-refractivity contribution in [2.24, 2.45) is 0 Å². The number of nitrogens with zero attached hydrogens (tertiary/aromatic N) is 1. The number of hydrogen-bond donors (Lipinski definition) is 1. The number of sulfonamides is 1. The fourth-order valence-electron chi connectivity index (χ4n) is 3.10. The van der Waals surface area contributed by atoms with Gasteiger partial charge in [-0.25, -0.2) is 8.42 Å². The minimum Gasteiger partial charge on any atom is -0.494 e. The highest BCUT2D eigenvalue weighted by Crippen LogP contribution is 2.28. The van der Waals surface area contributed by atoms with E-state index in [0.717, 1.165) is 17.1 Å². The molecule has 1 amide bonds.